The molecule has 4 aromatic rings. The molecule has 0 saturated carbocycles. The Morgan fingerprint density at radius 1 is 0.884 bits per heavy atom. The van der Waals surface area contributed by atoms with Gasteiger partial charge in [0.2, 0.25) is 5.91 Å². The van der Waals surface area contributed by atoms with Crippen LogP contribution in [0.5, 0.6) is 0 Å². The molecule has 0 fully saturated rings. The summed E-state index contributed by atoms with van der Waals surface area (Å²) in [7, 11) is 1.26. The number of halogens is 2. The minimum absolute atomic E-state index is 0.0109. The van der Waals surface area contributed by atoms with Gasteiger partial charge < -0.3 is 20.7 Å². The van der Waals surface area contributed by atoms with Crippen LogP contribution in [0.25, 0.3) is 6.08 Å². The third-order valence-electron chi connectivity index (χ3n) is 5.89. The average molecular weight is 618 g/mol. The second kappa shape index (κ2) is 14.8. The predicted octanol–water partition coefficient (Wildman–Crippen LogP) is 6.41. The van der Waals surface area contributed by atoms with Gasteiger partial charge in [-0.3, -0.25) is 14.4 Å². The van der Waals surface area contributed by atoms with Crippen LogP contribution in [0.2, 0.25) is 5.02 Å². The number of amides is 3. The van der Waals surface area contributed by atoms with Gasteiger partial charge in [-0.2, -0.15) is 0 Å². The van der Waals surface area contributed by atoms with Gasteiger partial charge in [0.15, 0.2) is 0 Å². The fourth-order valence-electron chi connectivity index (χ4n) is 3.81. The van der Waals surface area contributed by atoms with E-state index >= 15 is 0 Å². The summed E-state index contributed by atoms with van der Waals surface area (Å²) in [6.45, 7) is 0. The number of ether oxygens (including phenoxy) is 1. The molecule has 0 bridgehead atoms. The van der Waals surface area contributed by atoms with Crippen molar-refractivity contribution in [3.8, 4) is 0 Å². The maximum atomic E-state index is 14.5. The van der Waals surface area contributed by atoms with Gasteiger partial charge in [-0.05, 0) is 60.7 Å². The van der Waals surface area contributed by atoms with Crippen LogP contribution >= 0.6 is 23.4 Å². The summed E-state index contributed by atoms with van der Waals surface area (Å²) in [5.41, 5.74) is 0.924. The van der Waals surface area contributed by atoms with E-state index in [1.165, 1.54) is 43.1 Å². The van der Waals surface area contributed by atoms with Crippen molar-refractivity contribution in [2.75, 3.05) is 23.5 Å². The van der Waals surface area contributed by atoms with Gasteiger partial charge in [-0.25, -0.2) is 9.18 Å². The molecule has 0 aliphatic rings. The molecule has 0 radical (unpaired) electrons. The third kappa shape index (κ3) is 8.54. The van der Waals surface area contributed by atoms with Crippen LogP contribution in [-0.4, -0.2) is 36.6 Å². The van der Waals surface area contributed by atoms with Gasteiger partial charge in [-0.15, -0.1) is 11.8 Å². The summed E-state index contributed by atoms with van der Waals surface area (Å²) < 4.78 is 19.3. The highest BCUT2D eigenvalue weighted by Gasteiger charge is 2.18. The minimum Gasteiger partial charge on any atom is -0.465 e. The van der Waals surface area contributed by atoms with E-state index < -0.39 is 23.6 Å². The van der Waals surface area contributed by atoms with Gasteiger partial charge in [-0.1, -0.05) is 54.1 Å². The first-order valence-electron chi connectivity index (χ1n) is 12.8. The van der Waals surface area contributed by atoms with Crippen LogP contribution in [0.4, 0.5) is 15.8 Å². The normalized spacial score (nSPS) is 10.9. The number of thioether (sulfide) groups is 1. The van der Waals surface area contributed by atoms with E-state index in [0.717, 1.165) is 0 Å². The molecular weight excluding hydrogens is 593 g/mol. The van der Waals surface area contributed by atoms with Gasteiger partial charge in [0.25, 0.3) is 11.8 Å². The molecule has 11 heteroatoms. The van der Waals surface area contributed by atoms with E-state index in [1.54, 1.807) is 78.9 Å². The molecule has 0 aliphatic carbocycles. The van der Waals surface area contributed by atoms with Crippen LogP contribution in [0, 0.1) is 5.82 Å². The molecule has 0 saturated heterocycles. The molecule has 0 aliphatic heterocycles. The highest BCUT2D eigenvalue weighted by atomic mass is 35.5. The van der Waals surface area contributed by atoms with Crippen molar-refractivity contribution >= 4 is 64.5 Å². The number of methoxy groups -OCH3 is 1. The maximum absolute atomic E-state index is 14.5. The van der Waals surface area contributed by atoms with E-state index in [4.69, 9.17) is 16.3 Å². The highest BCUT2D eigenvalue weighted by molar-refractivity contribution is 8.00. The zero-order chi connectivity index (χ0) is 30.8. The monoisotopic (exact) mass is 617 g/mol. The molecule has 4 rings (SSSR count). The number of esters is 1. The number of benzene rings is 4. The highest BCUT2D eigenvalue weighted by Crippen LogP contribution is 2.25. The molecule has 0 aromatic heterocycles. The summed E-state index contributed by atoms with van der Waals surface area (Å²) in [6.07, 6.45) is 1.17. The van der Waals surface area contributed by atoms with Crippen molar-refractivity contribution in [3.05, 3.63) is 130 Å². The first-order chi connectivity index (χ1) is 20.7. The molecule has 43 heavy (non-hydrogen) atoms. The number of rotatable bonds is 10. The van der Waals surface area contributed by atoms with Crippen molar-refractivity contribution in [3.63, 3.8) is 0 Å². The summed E-state index contributed by atoms with van der Waals surface area (Å²) >= 11 is 7.37. The van der Waals surface area contributed by atoms with Crippen LogP contribution in [-0.2, 0) is 14.3 Å². The Kier molecular flexibility index (Phi) is 10.7. The van der Waals surface area contributed by atoms with Crippen molar-refractivity contribution in [2.24, 2.45) is 0 Å². The van der Waals surface area contributed by atoms with Gasteiger partial charge in [0.05, 0.1) is 29.1 Å². The van der Waals surface area contributed by atoms with E-state index in [1.807, 2.05) is 0 Å². The molecule has 0 heterocycles. The predicted molar refractivity (Wildman–Crippen MR) is 166 cm³/mol. The summed E-state index contributed by atoms with van der Waals surface area (Å²) in [5.74, 6) is -2.88. The molecule has 3 amide bonds. The van der Waals surface area contributed by atoms with E-state index in [-0.39, 0.29) is 33.5 Å². The van der Waals surface area contributed by atoms with Crippen LogP contribution in [0.1, 0.15) is 26.3 Å². The summed E-state index contributed by atoms with van der Waals surface area (Å²) in [5, 5.41) is 8.01. The largest absolute Gasteiger partial charge is 0.465 e. The molecule has 4 aromatic carbocycles. The van der Waals surface area contributed by atoms with Crippen molar-refractivity contribution in [1.82, 2.24) is 5.32 Å². The molecule has 0 atom stereocenters. The lowest BCUT2D eigenvalue weighted by Crippen LogP contribution is -2.30. The fourth-order valence-corrected chi connectivity index (χ4v) is 4.79. The van der Waals surface area contributed by atoms with Crippen molar-refractivity contribution in [1.29, 1.82) is 0 Å². The van der Waals surface area contributed by atoms with Gasteiger partial charge >= 0.3 is 5.97 Å². The Morgan fingerprint density at radius 3 is 2.35 bits per heavy atom. The number of para-hydroxylation sites is 1. The number of anilines is 2. The van der Waals surface area contributed by atoms with E-state index in [2.05, 4.69) is 16.0 Å². The second-order valence-electron chi connectivity index (χ2n) is 8.87. The molecule has 8 nitrogen and oxygen atoms in total. The maximum Gasteiger partial charge on any atom is 0.339 e. The zero-order valence-corrected chi connectivity index (χ0v) is 24.3. The number of hydrogen-bond acceptors (Lipinski definition) is 6. The SMILES string of the molecule is COC(=O)c1ccccc1NC(=O)CSc1cccc(NC(=O)/C(=C\c2c(F)cccc2Cl)NC(=O)c2ccccc2)c1. The Balaban J connectivity index is 1.48. The van der Waals surface area contributed by atoms with Gasteiger partial charge in [0.1, 0.15) is 11.5 Å². The number of carbonyl (C=O) groups excluding carboxylic acids is 4. The fraction of sp³-hybridized carbons (Fsp3) is 0.0625. The minimum atomic E-state index is -0.720. The van der Waals surface area contributed by atoms with Crippen LogP contribution in [0.3, 0.4) is 0 Å². The molecule has 0 spiro atoms. The Labute approximate surface area is 256 Å². The van der Waals surface area contributed by atoms with Gasteiger partial charge in [0, 0.05) is 21.7 Å². The molecular formula is C32H25ClFN3O5S. The quantitative estimate of drug-likeness (QED) is 0.108. The lowest BCUT2D eigenvalue weighted by molar-refractivity contribution is -0.114. The van der Waals surface area contributed by atoms with Crippen LogP contribution < -0.4 is 16.0 Å². The molecule has 3 N–H and O–H groups in total. The molecule has 0 unspecified atom stereocenters. The zero-order valence-electron chi connectivity index (χ0n) is 22.7. The lowest BCUT2D eigenvalue weighted by Gasteiger charge is -2.13. The summed E-state index contributed by atoms with van der Waals surface area (Å²) in [4.78, 5) is 51.4. The van der Waals surface area contributed by atoms with Crippen LogP contribution in [0.15, 0.2) is 108 Å². The smallest absolute Gasteiger partial charge is 0.339 e. The standard InChI is InChI=1S/C32H25ClFN3O5S/c1-42-32(41)23-13-5-6-16-27(23)36-29(38)19-43-22-12-7-11-21(17-22)35-31(40)28(18-24-25(33)14-8-15-26(24)34)37-30(39)20-9-3-2-4-10-20/h2-18H,19H2,1H3,(H,35,40)(H,36,38)(H,37,39)/b28-18+. The van der Waals surface area contributed by atoms with Crippen molar-refractivity contribution in [2.45, 2.75) is 4.90 Å². The average Bonchev–Trinajstić information content (AvgIpc) is 3.01. The first-order valence-corrected chi connectivity index (χ1v) is 14.1. The number of nitrogens with one attached hydrogen (secondary N) is 3. The first kappa shape index (κ1) is 31.0. The van der Waals surface area contributed by atoms with Crippen molar-refractivity contribution < 1.29 is 28.3 Å². The number of carbonyl (C=O) groups is 4. The lowest BCUT2D eigenvalue weighted by atomic mass is 10.1. The third-order valence-corrected chi connectivity index (χ3v) is 7.21. The number of hydrogen-bond donors (Lipinski definition) is 3. The topological polar surface area (TPSA) is 114 Å². The summed E-state index contributed by atoms with van der Waals surface area (Å²) in [6, 6.07) is 25.5. The Bertz CT molecular complexity index is 1680. The van der Waals surface area contributed by atoms with E-state index in [9.17, 15) is 23.6 Å². The Morgan fingerprint density at radius 2 is 1.60 bits per heavy atom. The molecule has 218 valence electrons. The van der Waals surface area contributed by atoms with E-state index in [0.29, 0.717) is 21.8 Å². The Hall–Kier alpha value is -4.93. The second-order valence-corrected chi connectivity index (χ2v) is 10.3.